The van der Waals surface area contributed by atoms with Crippen LogP contribution in [-0.2, 0) is 27.4 Å². The van der Waals surface area contributed by atoms with E-state index in [1.54, 1.807) is 16.7 Å². The molecule has 41 heavy (non-hydrogen) atoms. The van der Waals surface area contributed by atoms with Gasteiger partial charge in [0.15, 0.2) is 6.29 Å². The number of hydrogen-bond acceptors (Lipinski definition) is 7. The Morgan fingerprint density at radius 1 is 0.756 bits per heavy atom. The molecule has 0 atom stereocenters. The molecule has 1 saturated heterocycles. The molecule has 0 N–H and O–H groups in total. The zero-order valence-electron chi connectivity index (χ0n) is 23.3. The molecule has 0 amide bonds. The molecule has 2 aromatic heterocycles. The molecule has 0 radical (unpaired) electrons. The van der Waals surface area contributed by atoms with Gasteiger partial charge >= 0.3 is 0 Å². The highest BCUT2D eigenvalue weighted by molar-refractivity contribution is 5.85. The normalized spacial score (nSPS) is 16.9. The lowest BCUT2D eigenvalue weighted by Gasteiger charge is -2.16. The van der Waals surface area contributed by atoms with E-state index in [0.717, 1.165) is 76.4 Å². The van der Waals surface area contributed by atoms with Crippen molar-refractivity contribution in [1.29, 1.82) is 0 Å². The van der Waals surface area contributed by atoms with Gasteiger partial charge in [0.05, 0.1) is 49.5 Å². The number of aromatic nitrogens is 2. The topological polar surface area (TPSA) is 98.0 Å². The number of aryl methyl sites for hydroxylation is 2. The first-order chi connectivity index (χ1) is 19.9. The number of ether oxygens (including phenoxy) is 4. The van der Waals surface area contributed by atoms with E-state index in [2.05, 4.69) is 0 Å². The summed E-state index contributed by atoms with van der Waals surface area (Å²) in [7, 11) is 0. The highest BCUT2D eigenvalue weighted by Gasteiger charge is 2.25. The molecular weight excluding hydrogens is 524 g/mol. The van der Waals surface area contributed by atoms with Crippen LogP contribution < -0.4 is 20.6 Å². The van der Waals surface area contributed by atoms with Crippen LogP contribution in [0.15, 0.2) is 58.1 Å². The fourth-order valence-corrected chi connectivity index (χ4v) is 5.07. The Morgan fingerprint density at radius 3 is 1.73 bits per heavy atom. The highest BCUT2D eigenvalue weighted by Crippen LogP contribution is 2.30. The summed E-state index contributed by atoms with van der Waals surface area (Å²) in [6, 6.07) is 14.9. The van der Waals surface area contributed by atoms with Gasteiger partial charge in [-0.3, -0.25) is 9.59 Å². The number of aldehydes is 1. The first-order valence-electron chi connectivity index (χ1n) is 14.2. The minimum absolute atomic E-state index is 0.0346. The number of hydrogen-bond donors (Lipinski definition) is 0. The molecule has 0 spiro atoms. The fraction of sp³-hybridized carbons (Fsp3) is 0.406. The standard InChI is InChI=1S/C17H19NO4.C15H15NO3/c1-11-8-16(19)18(10-17-20-6-7-21-17)15-9-13(4-5-14(11)15)22-12-2-3-12;1-10-8-15(18)16(6-7-17)14-9-12(4-5-13(10)14)19-11-2-3-11/h4-5,8-9,12,17H,2-3,6-7,10H2,1H3;4-5,7-9,11H,2-3,6H2,1H3. The van der Waals surface area contributed by atoms with Crippen LogP contribution in [0.5, 0.6) is 11.5 Å². The van der Waals surface area contributed by atoms with Crippen molar-refractivity contribution in [2.45, 2.75) is 71.1 Å². The van der Waals surface area contributed by atoms with E-state index in [0.29, 0.717) is 32.0 Å². The molecule has 9 heteroatoms. The number of fused-ring (bicyclic) bond motifs is 2. The van der Waals surface area contributed by atoms with Crippen molar-refractivity contribution < 1.29 is 23.7 Å². The van der Waals surface area contributed by atoms with Gasteiger partial charge < -0.3 is 32.9 Å². The van der Waals surface area contributed by atoms with Crippen LogP contribution in [0.3, 0.4) is 0 Å². The summed E-state index contributed by atoms with van der Waals surface area (Å²) in [6.45, 7) is 5.50. The van der Waals surface area contributed by atoms with E-state index >= 15 is 0 Å². The monoisotopic (exact) mass is 558 g/mol. The molecule has 0 bridgehead atoms. The second-order valence-electron chi connectivity index (χ2n) is 10.9. The van der Waals surface area contributed by atoms with Crippen LogP contribution in [0.1, 0.15) is 36.8 Å². The number of benzene rings is 2. The Morgan fingerprint density at radius 2 is 1.24 bits per heavy atom. The first-order valence-corrected chi connectivity index (χ1v) is 14.2. The Kier molecular flexibility index (Phi) is 7.64. The van der Waals surface area contributed by atoms with E-state index in [9.17, 15) is 14.4 Å². The van der Waals surface area contributed by atoms with Crippen LogP contribution in [0.4, 0.5) is 0 Å². The minimum atomic E-state index is -0.350. The molecule has 214 valence electrons. The van der Waals surface area contributed by atoms with Crippen LogP contribution in [0, 0.1) is 13.8 Å². The van der Waals surface area contributed by atoms with Gasteiger partial charge in [0.25, 0.3) is 11.1 Å². The summed E-state index contributed by atoms with van der Waals surface area (Å²) in [6.07, 6.45) is 5.45. The van der Waals surface area contributed by atoms with Crippen LogP contribution in [0.2, 0.25) is 0 Å². The second-order valence-corrected chi connectivity index (χ2v) is 10.9. The van der Waals surface area contributed by atoms with Crippen LogP contribution >= 0.6 is 0 Å². The van der Waals surface area contributed by atoms with E-state index in [4.69, 9.17) is 18.9 Å². The smallest absolute Gasteiger partial charge is 0.251 e. The Balaban J connectivity index is 0.000000149. The van der Waals surface area contributed by atoms with Crippen molar-refractivity contribution in [2.75, 3.05) is 13.2 Å². The zero-order chi connectivity index (χ0) is 28.5. The maximum atomic E-state index is 12.4. The molecular formula is C32H34N2O7. The van der Waals surface area contributed by atoms with Crippen molar-refractivity contribution in [1.82, 2.24) is 9.13 Å². The third-order valence-electron chi connectivity index (χ3n) is 7.52. The van der Waals surface area contributed by atoms with Crippen molar-refractivity contribution >= 4 is 28.1 Å². The van der Waals surface area contributed by atoms with Gasteiger partial charge in [-0.1, -0.05) is 0 Å². The molecule has 3 fully saturated rings. The summed E-state index contributed by atoms with van der Waals surface area (Å²) in [5, 5.41) is 2.03. The van der Waals surface area contributed by atoms with Crippen molar-refractivity contribution in [3.63, 3.8) is 0 Å². The molecule has 0 unspecified atom stereocenters. The molecule has 7 rings (SSSR count). The average Bonchev–Trinajstić information content (AvgIpc) is 3.89. The number of nitrogens with zero attached hydrogens (tertiary/aromatic N) is 2. The van der Waals surface area contributed by atoms with E-state index in [1.165, 1.54) is 4.57 Å². The summed E-state index contributed by atoms with van der Waals surface area (Å²) in [5.41, 5.74) is 3.34. The predicted molar refractivity (Wildman–Crippen MR) is 155 cm³/mol. The Labute approximate surface area is 237 Å². The summed E-state index contributed by atoms with van der Waals surface area (Å²) < 4.78 is 25.8. The van der Waals surface area contributed by atoms with E-state index in [1.807, 2.05) is 50.2 Å². The molecule has 9 nitrogen and oxygen atoms in total. The van der Waals surface area contributed by atoms with Crippen molar-refractivity contribution in [3.05, 3.63) is 80.4 Å². The Hall–Kier alpha value is -3.95. The number of carbonyl (C=O) groups is 1. The first kappa shape index (κ1) is 27.2. The second kappa shape index (κ2) is 11.5. The molecule has 2 saturated carbocycles. The lowest BCUT2D eigenvalue weighted by Crippen LogP contribution is -2.27. The SMILES string of the molecule is Cc1cc(=O)n(CC2OCCO2)c2cc(OC3CC3)ccc12.Cc1cc(=O)n(CC=O)c2cc(OC3CC3)ccc12. The zero-order valence-corrected chi connectivity index (χ0v) is 23.3. The van der Waals surface area contributed by atoms with Gasteiger partial charge in [0, 0.05) is 35.0 Å². The minimum Gasteiger partial charge on any atom is -0.490 e. The quantitative estimate of drug-likeness (QED) is 0.298. The molecule has 3 heterocycles. The molecule has 2 aromatic carbocycles. The van der Waals surface area contributed by atoms with Gasteiger partial charge in [-0.25, -0.2) is 0 Å². The summed E-state index contributed by atoms with van der Waals surface area (Å²) in [5.74, 6) is 1.58. The van der Waals surface area contributed by atoms with Gasteiger partial charge in [-0.2, -0.15) is 0 Å². The van der Waals surface area contributed by atoms with Gasteiger partial charge in [-0.05, 0) is 74.9 Å². The van der Waals surface area contributed by atoms with Crippen LogP contribution in [0.25, 0.3) is 21.8 Å². The van der Waals surface area contributed by atoms with E-state index in [-0.39, 0.29) is 24.0 Å². The summed E-state index contributed by atoms with van der Waals surface area (Å²) in [4.78, 5) is 35.1. The lowest BCUT2D eigenvalue weighted by atomic mass is 10.1. The predicted octanol–water partition coefficient (Wildman–Crippen LogP) is 4.27. The third kappa shape index (κ3) is 6.21. The van der Waals surface area contributed by atoms with Crippen molar-refractivity contribution in [2.24, 2.45) is 0 Å². The number of carbonyl (C=O) groups excluding carboxylic acids is 1. The van der Waals surface area contributed by atoms with Crippen molar-refractivity contribution in [3.8, 4) is 11.5 Å². The molecule has 2 aliphatic carbocycles. The molecule has 4 aromatic rings. The van der Waals surface area contributed by atoms with Gasteiger partial charge in [0.2, 0.25) is 0 Å². The fourth-order valence-electron chi connectivity index (χ4n) is 5.07. The average molecular weight is 559 g/mol. The molecule has 3 aliphatic rings. The van der Waals surface area contributed by atoms with Gasteiger partial charge in [-0.15, -0.1) is 0 Å². The number of rotatable bonds is 8. The van der Waals surface area contributed by atoms with Gasteiger partial charge in [0.1, 0.15) is 17.8 Å². The Bertz CT molecular complexity index is 1710. The number of pyridine rings is 2. The van der Waals surface area contributed by atoms with Crippen LogP contribution in [-0.4, -0.2) is 47.1 Å². The van der Waals surface area contributed by atoms with E-state index < -0.39 is 0 Å². The summed E-state index contributed by atoms with van der Waals surface area (Å²) >= 11 is 0. The maximum Gasteiger partial charge on any atom is 0.251 e. The highest BCUT2D eigenvalue weighted by atomic mass is 16.7. The largest absolute Gasteiger partial charge is 0.490 e. The third-order valence-corrected chi connectivity index (χ3v) is 7.52. The maximum absolute atomic E-state index is 12.4. The molecule has 1 aliphatic heterocycles. The lowest BCUT2D eigenvalue weighted by molar-refractivity contribution is -0.108.